The number of aliphatic hydroxyl groups is 2. The number of benzene rings is 1. The molecule has 0 aliphatic rings. The molecular weight excluding hydrogens is 336 g/mol. The summed E-state index contributed by atoms with van der Waals surface area (Å²) in [5.74, 6) is 0.464. The normalized spacial score (nSPS) is 12.6. The van der Waals surface area contributed by atoms with E-state index in [9.17, 15) is 5.11 Å². The van der Waals surface area contributed by atoms with Crippen LogP contribution in [0.3, 0.4) is 0 Å². The van der Waals surface area contributed by atoms with Gasteiger partial charge in [-0.25, -0.2) is 0 Å². The largest absolute Gasteiger partial charge is 0.507 e. The number of phenols is 1. The first-order chi connectivity index (χ1) is 12.3. The third-order valence-electron chi connectivity index (χ3n) is 5.35. The molecule has 0 bridgehead atoms. The monoisotopic (exact) mass is 380 g/mol. The Morgan fingerprint density at radius 1 is 0.815 bits per heavy atom. The first-order valence-corrected chi connectivity index (χ1v) is 10.3. The molecule has 1 rings (SSSR count). The molecule has 0 amide bonds. The molecule has 0 fully saturated rings. The lowest BCUT2D eigenvalue weighted by Gasteiger charge is -2.27. The van der Waals surface area contributed by atoms with Gasteiger partial charge in [-0.05, 0) is 41.7 Å². The van der Waals surface area contributed by atoms with E-state index in [1.165, 1.54) is 5.56 Å². The van der Waals surface area contributed by atoms with Gasteiger partial charge in [-0.15, -0.1) is 0 Å². The maximum Gasteiger partial charge on any atom is 0.123 e. The van der Waals surface area contributed by atoms with Crippen LogP contribution in [0.25, 0.3) is 0 Å². The fourth-order valence-corrected chi connectivity index (χ4v) is 3.08. The summed E-state index contributed by atoms with van der Waals surface area (Å²) < 4.78 is 0. The predicted molar refractivity (Wildman–Crippen MR) is 117 cm³/mol. The lowest BCUT2D eigenvalue weighted by molar-refractivity contribution is 0.0420. The van der Waals surface area contributed by atoms with E-state index < -0.39 is 0 Å². The summed E-state index contributed by atoms with van der Waals surface area (Å²) in [7, 11) is 0. The van der Waals surface area contributed by atoms with E-state index in [0.29, 0.717) is 5.75 Å². The van der Waals surface area contributed by atoms with Gasteiger partial charge in [0.25, 0.3) is 0 Å². The highest BCUT2D eigenvalue weighted by molar-refractivity contribution is 5.49. The zero-order valence-electron chi connectivity index (χ0n) is 19.2. The molecule has 0 atom stereocenters. The minimum absolute atomic E-state index is 0.0178. The first-order valence-electron chi connectivity index (χ1n) is 10.3. The van der Waals surface area contributed by atoms with E-state index >= 15 is 0 Å². The summed E-state index contributed by atoms with van der Waals surface area (Å²) in [6.45, 7) is 19.2. The molecule has 0 aliphatic carbocycles. The van der Waals surface area contributed by atoms with E-state index in [2.05, 4.69) is 67.5 Å². The van der Waals surface area contributed by atoms with Crippen LogP contribution < -0.4 is 0 Å². The number of phenolic OH excluding ortho intramolecular Hbond substituents is 1. The molecule has 0 saturated carbocycles. The number of aliphatic hydroxyl groups excluding tert-OH is 2. The van der Waals surface area contributed by atoms with Crippen LogP contribution in [0.5, 0.6) is 5.75 Å². The average molecular weight is 381 g/mol. The van der Waals surface area contributed by atoms with Crippen LogP contribution in [-0.4, -0.2) is 28.5 Å². The van der Waals surface area contributed by atoms with E-state index in [1.807, 2.05) is 6.92 Å². The first kappa shape index (κ1) is 25.9. The molecule has 158 valence electrons. The molecule has 1 aromatic carbocycles. The second kappa shape index (κ2) is 10.5. The second-order valence-corrected chi connectivity index (χ2v) is 9.98. The van der Waals surface area contributed by atoms with Crippen LogP contribution in [-0.2, 0) is 10.8 Å². The Bertz CT molecular complexity index is 515. The Hall–Kier alpha value is -1.06. The molecule has 0 spiro atoms. The Labute approximate surface area is 167 Å². The molecule has 0 radical (unpaired) electrons. The maximum absolute atomic E-state index is 10.4. The zero-order chi connectivity index (χ0) is 21.5. The smallest absolute Gasteiger partial charge is 0.123 e. The van der Waals surface area contributed by atoms with Crippen molar-refractivity contribution >= 4 is 0 Å². The second-order valence-electron chi connectivity index (χ2n) is 9.98. The summed E-state index contributed by atoms with van der Waals surface area (Å²) in [6, 6.07) is 4.18. The van der Waals surface area contributed by atoms with Crippen molar-refractivity contribution in [2.45, 2.75) is 98.8 Å². The van der Waals surface area contributed by atoms with Crippen LogP contribution >= 0.6 is 0 Å². The lowest BCUT2D eigenvalue weighted by atomic mass is 9.78. The number of aryl methyl sites for hydroxylation is 1. The van der Waals surface area contributed by atoms with Crippen LogP contribution in [0.1, 0.15) is 97.8 Å². The minimum Gasteiger partial charge on any atom is -0.507 e. The number of aromatic hydroxyl groups is 1. The molecule has 0 heterocycles. The quantitative estimate of drug-likeness (QED) is 0.580. The summed E-state index contributed by atoms with van der Waals surface area (Å²) >= 11 is 0. The molecule has 0 unspecified atom stereocenters. The summed E-state index contributed by atoms with van der Waals surface area (Å²) in [5.41, 5.74) is 3.05. The SMILES string of the molecule is CCCCC(CC)(CO)CO.Cc1cc(C(C)(C)C)c(O)c(C(C)(C)C)c1. The van der Waals surface area contributed by atoms with Crippen molar-refractivity contribution in [3.63, 3.8) is 0 Å². The Morgan fingerprint density at radius 2 is 1.22 bits per heavy atom. The molecule has 0 saturated heterocycles. The van der Waals surface area contributed by atoms with Gasteiger partial charge in [0.05, 0.1) is 13.2 Å². The van der Waals surface area contributed by atoms with Crippen molar-refractivity contribution in [1.82, 2.24) is 0 Å². The number of hydrogen-bond donors (Lipinski definition) is 3. The molecular formula is C24H44O3. The van der Waals surface area contributed by atoms with Crippen LogP contribution in [0.4, 0.5) is 0 Å². The average Bonchev–Trinajstić information content (AvgIpc) is 2.57. The molecule has 0 aromatic heterocycles. The van der Waals surface area contributed by atoms with Crippen molar-refractivity contribution in [1.29, 1.82) is 0 Å². The molecule has 3 nitrogen and oxygen atoms in total. The van der Waals surface area contributed by atoms with Crippen molar-refractivity contribution in [3.8, 4) is 5.75 Å². The van der Waals surface area contributed by atoms with Gasteiger partial charge in [0.1, 0.15) is 5.75 Å². The lowest BCUT2D eigenvalue weighted by Crippen LogP contribution is -2.28. The summed E-state index contributed by atoms with van der Waals surface area (Å²) in [4.78, 5) is 0. The summed E-state index contributed by atoms with van der Waals surface area (Å²) in [6.07, 6.45) is 4.02. The Morgan fingerprint density at radius 3 is 1.48 bits per heavy atom. The van der Waals surface area contributed by atoms with Crippen molar-refractivity contribution in [3.05, 3.63) is 28.8 Å². The summed E-state index contributed by atoms with van der Waals surface area (Å²) in [5, 5.41) is 28.5. The Balaban J connectivity index is 0.000000541. The maximum atomic E-state index is 10.4. The third kappa shape index (κ3) is 7.83. The zero-order valence-corrected chi connectivity index (χ0v) is 19.2. The Kier molecular flexibility index (Phi) is 10.1. The van der Waals surface area contributed by atoms with Gasteiger partial charge in [0.2, 0.25) is 0 Å². The predicted octanol–water partition coefficient (Wildman–Crippen LogP) is 5.85. The van der Waals surface area contributed by atoms with Gasteiger partial charge in [-0.3, -0.25) is 0 Å². The van der Waals surface area contributed by atoms with Crippen molar-refractivity contribution < 1.29 is 15.3 Å². The van der Waals surface area contributed by atoms with Gasteiger partial charge in [-0.2, -0.15) is 0 Å². The molecule has 27 heavy (non-hydrogen) atoms. The highest BCUT2D eigenvalue weighted by atomic mass is 16.3. The van der Waals surface area contributed by atoms with Gasteiger partial charge in [-0.1, -0.05) is 85.9 Å². The highest BCUT2D eigenvalue weighted by Crippen LogP contribution is 2.39. The molecule has 0 aliphatic heterocycles. The van der Waals surface area contributed by atoms with E-state index in [4.69, 9.17) is 10.2 Å². The van der Waals surface area contributed by atoms with E-state index in [1.54, 1.807) is 0 Å². The minimum atomic E-state index is -0.212. The fourth-order valence-electron chi connectivity index (χ4n) is 3.08. The van der Waals surface area contributed by atoms with Gasteiger partial charge < -0.3 is 15.3 Å². The van der Waals surface area contributed by atoms with E-state index in [-0.39, 0.29) is 29.5 Å². The number of rotatable bonds is 6. The van der Waals surface area contributed by atoms with Crippen molar-refractivity contribution in [2.75, 3.05) is 13.2 Å². The third-order valence-corrected chi connectivity index (χ3v) is 5.35. The van der Waals surface area contributed by atoms with Gasteiger partial charge >= 0.3 is 0 Å². The van der Waals surface area contributed by atoms with Gasteiger partial charge in [0.15, 0.2) is 0 Å². The molecule has 3 N–H and O–H groups in total. The molecule has 1 aromatic rings. The van der Waals surface area contributed by atoms with Crippen LogP contribution in [0, 0.1) is 12.3 Å². The van der Waals surface area contributed by atoms with Crippen LogP contribution in [0.15, 0.2) is 12.1 Å². The topological polar surface area (TPSA) is 60.7 Å². The van der Waals surface area contributed by atoms with Crippen molar-refractivity contribution in [2.24, 2.45) is 5.41 Å². The number of hydrogen-bond acceptors (Lipinski definition) is 3. The standard InChI is InChI=1S/C15H24O.C9H20O2/c1-10-8-11(14(2,3)4)13(16)12(9-10)15(5,6)7;1-3-5-6-9(4-2,7-10)8-11/h8-9,16H,1-7H3;10-11H,3-8H2,1-2H3. The fraction of sp³-hybridized carbons (Fsp3) is 0.750. The number of unbranched alkanes of at least 4 members (excludes halogenated alkanes) is 1. The van der Waals surface area contributed by atoms with Crippen LogP contribution in [0.2, 0.25) is 0 Å². The van der Waals surface area contributed by atoms with Gasteiger partial charge in [0, 0.05) is 5.41 Å². The molecule has 3 heteroatoms. The highest BCUT2D eigenvalue weighted by Gasteiger charge is 2.26. The van der Waals surface area contributed by atoms with E-state index in [0.717, 1.165) is 36.8 Å².